The van der Waals surface area contributed by atoms with Crippen LogP contribution in [0.3, 0.4) is 0 Å². The van der Waals surface area contributed by atoms with Gasteiger partial charge in [0.15, 0.2) is 0 Å². The normalized spacial score (nSPS) is 20.6. The van der Waals surface area contributed by atoms with Gasteiger partial charge in [-0.3, -0.25) is 4.79 Å². The summed E-state index contributed by atoms with van der Waals surface area (Å²) in [5.41, 5.74) is 5.22. The number of nitrogens with two attached hydrogens (primary N) is 1. The Hall–Kier alpha value is -0.610. The topological polar surface area (TPSA) is 75.3 Å². The van der Waals surface area contributed by atoms with E-state index in [2.05, 4.69) is 5.32 Å². The molecule has 82 valence electrons. The predicted molar refractivity (Wildman–Crippen MR) is 54.6 cm³/mol. The van der Waals surface area contributed by atoms with E-state index in [1.165, 1.54) is 0 Å². The molecule has 0 heterocycles. The molecule has 0 aromatic rings. The van der Waals surface area contributed by atoms with Crippen LogP contribution < -0.4 is 11.1 Å². The predicted octanol–water partition coefficient (Wildman–Crippen LogP) is -0.142. The first-order valence-corrected chi connectivity index (χ1v) is 5.17. The molecular weight excluding hydrogens is 180 g/mol. The van der Waals surface area contributed by atoms with Crippen molar-refractivity contribution in [3.63, 3.8) is 0 Å². The lowest BCUT2D eigenvalue weighted by Gasteiger charge is -2.22. The van der Waals surface area contributed by atoms with Gasteiger partial charge >= 0.3 is 0 Å². The second-order valence-corrected chi connectivity index (χ2v) is 4.49. The zero-order valence-corrected chi connectivity index (χ0v) is 8.92. The first-order valence-electron chi connectivity index (χ1n) is 5.17. The Bertz CT molecular complexity index is 212. The number of amides is 1. The number of aliphatic hydroxyl groups excluding tert-OH is 1. The highest BCUT2D eigenvalue weighted by atomic mass is 16.3. The van der Waals surface area contributed by atoms with E-state index >= 15 is 0 Å². The van der Waals surface area contributed by atoms with Crippen molar-refractivity contribution in [2.75, 3.05) is 13.2 Å². The maximum absolute atomic E-state index is 11.7. The van der Waals surface area contributed by atoms with Crippen LogP contribution in [0.5, 0.6) is 0 Å². The van der Waals surface area contributed by atoms with E-state index in [1.807, 2.05) is 13.8 Å². The van der Waals surface area contributed by atoms with E-state index in [9.17, 15) is 4.79 Å². The van der Waals surface area contributed by atoms with Gasteiger partial charge in [0.25, 0.3) is 0 Å². The number of hydrogen-bond acceptors (Lipinski definition) is 3. The maximum Gasteiger partial charge on any atom is 0.227 e. The van der Waals surface area contributed by atoms with E-state index in [4.69, 9.17) is 10.8 Å². The third-order valence-electron chi connectivity index (χ3n) is 3.04. The Labute approximate surface area is 84.9 Å². The molecule has 0 radical (unpaired) electrons. The smallest absolute Gasteiger partial charge is 0.227 e. The summed E-state index contributed by atoms with van der Waals surface area (Å²) in [5, 5.41) is 11.9. The second kappa shape index (κ2) is 4.28. The third-order valence-corrected chi connectivity index (χ3v) is 3.04. The molecule has 1 amide bonds. The lowest BCUT2D eigenvalue weighted by Crippen LogP contribution is -2.46. The quantitative estimate of drug-likeness (QED) is 0.578. The highest BCUT2D eigenvalue weighted by Crippen LogP contribution is 2.44. The van der Waals surface area contributed by atoms with E-state index in [0.717, 1.165) is 12.8 Å². The summed E-state index contributed by atoms with van der Waals surface area (Å²) in [6.07, 6.45) is 1.76. The fourth-order valence-corrected chi connectivity index (χ4v) is 1.42. The first kappa shape index (κ1) is 11.5. The van der Waals surface area contributed by atoms with Crippen molar-refractivity contribution in [3.05, 3.63) is 0 Å². The SMILES string of the molecule is CC(C)C(CO)NC(=O)C1(CN)CC1. The molecule has 1 rings (SSSR count). The largest absolute Gasteiger partial charge is 0.394 e. The number of rotatable bonds is 5. The van der Waals surface area contributed by atoms with Gasteiger partial charge in [0.1, 0.15) is 0 Å². The Morgan fingerprint density at radius 3 is 2.43 bits per heavy atom. The van der Waals surface area contributed by atoms with Crippen LogP contribution in [-0.2, 0) is 4.79 Å². The molecule has 4 heteroatoms. The molecule has 1 aliphatic rings. The highest BCUT2D eigenvalue weighted by Gasteiger charge is 2.48. The van der Waals surface area contributed by atoms with Crippen LogP contribution >= 0.6 is 0 Å². The average Bonchev–Trinajstić information content (AvgIpc) is 2.93. The molecule has 0 aliphatic heterocycles. The monoisotopic (exact) mass is 200 g/mol. The van der Waals surface area contributed by atoms with Crippen LogP contribution in [0.25, 0.3) is 0 Å². The van der Waals surface area contributed by atoms with Gasteiger partial charge in [-0.15, -0.1) is 0 Å². The fraction of sp³-hybridized carbons (Fsp3) is 0.900. The van der Waals surface area contributed by atoms with Gasteiger partial charge < -0.3 is 16.2 Å². The van der Waals surface area contributed by atoms with Crippen molar-refractivity contribution >= 4 is 5.91 Å². The van der Waals surface area contributed by atoms with Crippen molar-refractivity contribution in [2.24, 2.45) is 17.1 Å². The first-order chi connectivity index (χ1) is 6.55. The zero-order chi connectivity index (χ0) is 10.8. The summed E-state index contributed by atoms with van der Waals surface area (Å²) >= 11 is 0. The lowest BCUT2D eigenvalue weighted by atomic mass is 10.0. The minimum absolute atomic E-state index is 0.00718. The Morgan fingerprint density at radius 2 is 2.14 bits per heavy atom. The van der Waals surface area contributed by atoms with Gasteiger partial charge in [0.05, 0.1) is 18.1 Å². The minimum atomic E-state index is -0.317. The average molecular weight is 200 g/mol. The molecule has 0 aromatic carbocycles. The molecule has 0 bridgehead atoms. The molecule has 14 heavy (non-hydrogen) atoms. The Kier molecular flexibility index (Phi) is 3.50. The van der Waals surface area contributed by atoms with Crippen LogP contribution in [0, 0.1) is 11.3 Å². The summed E-state index contributed by atoms with van der Waals surface area (Å²) in [5.74, 6) is 0.255. The summed E-state index contributed by atoms with van der Waals surface area (Å²) in [6.45, 7) is 4.35. The van der Waals surface area contributed by atoms with Crippen molar-refractivity contribution in [3.8, 4) is 0 Å². The minimum Gasteiger partial charge on any atom is -0.394 e. The van der Waals surface area contributed by atoms with Crippen molar-refractivity contribution in [2.45, 2.75) is 32.7 Å². The lowest BCUT2D eigenvalue weighted by molar-refractivity contribution is -0.127. The van der Waals surface area contributed by atoms with Crippen LogP contribution in [-0.4, -0.2) is 30.2 Å². The molecule has 1 fully saturated rings. The molecule has 1 atom stereocenters. The zero-order valence-electron chi connectivity index (χ0n) is 8.92. The second-order valence-electron chi connectivity index (χ2n) is 4.49. The molecule has 0 spiro atoms. The van der Waals surface area contributed by atoms with Crippen LogP contribution in [0.4, 0.5) is 0 Å². The molecule has 1 aliphatic carbocycles. The van der Waals surface area contributed by atoms with Crippen LogP contribution in [0.2, 0.25) is 0 Å². The highest BCUT2D eigenvalue weighted by molar-refractivity contribution is 5.85. The van der Waals surface area contributed by atoms with Crippen molar-refractivity contribution in [1.29, 1.82) is 0 Å². The Balaban J connectivity index is 2.47. The molecule has 4 N–H and O–H groups in total. The van der Waals surface area contributed by atoms with Crippen LogP contribution in [0.15, 0.2) is 0 Å². The van der Waals surface area contributed by atoms with Crippen molar-refractivity contribution in [1.82, 2.24) is 5.32 Å². The molecule has 0 aromatic heterocycles. The van der Waals surface area contributed by atoms with E-state index in [1.54, 1.807) is 0 Å². The van der Waals surface area contributed by atoms with E-state index < -0.39 is 0 Å². The molecular formula is C10H20N2O2. The summed E-state index contributed by atoms with van der Waals surface area (Å²) in [4.78, 5) is 11.7. The van der Waals surface area contributed by atoms with Gasteiger partial charge in [-0.25, -0.2) is 0 Å². The standard InChI is InChI=1S/C10H20N2O2/c1-7(2)8(5-13)12-9(14)10(6-11)3-4-10/h7-8,13H,3-6,11H2,1-2H3,(H,12,14). The number of nitrogens with one attached hydrogen (secondary N) is 1. The number of aliphatic hydroxyl groups is 1. The maximum atomic E-state index is 11.7. The van der Waals surface area contributed by atoms with Gasteiger partial charge in [0.2, 0.25) is 5.91 Å². The van der Waals surface area contributed by atoms with Gasteiger partial charge in [-0.2, -0.15) is 0 Å². The Morgan fingerprint density at radius 1 is 1.57 bits per heavy atom. The van der Waals surface area contributed by atoms with Crippen LogP contribution in [0.1, 0.15) is 26.7 Å². The number of hydrogen-bond donors (Lipinski definition) is 3. The van der Waals surface area contributed by atoms with Gasteiger partial charge in [-0.1, -0.05) is 13.8 Å². The summed E-state index contributed by atoms with van der Waals surface area (Å²) in [7, 11) is 0. The molecule has 4 nitrogen and oxygen atoms in total. The van der Waals surface area contributed by atoms with E-state index in [0.29, 0.717) is 6.54 Å². The molecule has 1 unspecified atom stereocenters. The fourth-order valence-electron chi connectivity index (χ4n) is 1.42. The number of carbonyl (C=O) groups is 1. The van der Waals surface area contributed by atoms with Gasteiger partial charge in [0, 0.05) is 6.54 Å². The molecule has 0 saturated heterocycles. The third kappa shape index (κ3) is 2.25. The number of carbonyl (C=O) groups excluding carboxylic acids is 1. The van der Waals surface area contributed by atoms with Gasteiger partial charge in [-0.05, 0) is 18.8 Å². The van der Waals surface area contributed by atoms with E-state index in [-0.39, 0.29) is 29.9 Å². The summed E-state index contributed by atoms with van der Waals surface area (Å²) < 4.78 is 0. The summed E-state index contributed by atoms with van der Waals surface area (Å²) in [6, 6.07) is -0.147. The van der Waals surface area contributed by atoms with Crippen molar-refractivity contribution < 1.29 is 9.90 Å². The molecule has 1 saturated carbocycles.